The molecule has 24 heavy (non-hydrogen) atoms. The van der Waals surface area contributed by atoms with Crippen molar-refractivity contribution in [3.63, 3.8) is 0 Å². The Hall–Kier alpha value is -1.81. The largest absolute Gasteiger partial charge is 0.480 e. The summed E-state index contributed by atoms with van der Waals surface area (Å²) < 4.78 is 36.6. The third-order valence-electron chi connectivity index (χ3n) is 3.99. The van der Waals surface area contributed by atoms with Gasteiger partial charge in [0.1, 0.15) is 5.52 Å². The van der Waals surface area contributed by atoms with Crippen LogP contribution in [0.4, 0.5) is 4.39 Å². The zero-order valence-corrected chi connectivity index (χ0v) is 15.2. The first-order valence-corrected chi connectivity index (χ1v) is 9.43. The van der Waals surface area contributed by atoms with E-state index in [0.29, 0.717) is 0 Å². The molecule has 130 valence electrons. The fourth-order valence-electron chi connectivity index (χ4n) is 2.12. The van der Waals surface area contributed by atoms with Gasteiger partial charge in [0.25, 0.3) is 5.56 Å². The molecule has 1 atom stereocenters. The van der Waals surface area contributed by atoms with Crippen LogP contribution in [-0.4, -0.2) is 40.0 Å². The van der Waals surface area contributed by atoms with Crippen molar-refractivity contribution in [3.05, 3.63) is 39.1 Å². The van der Waals surface area contributed by atoms with Crippen molar-refractivity contribution in [1.29, 1.82) is 0 Å². The molecule has 0 aliphatic carbocycles. The molecule has 0 aliphatic heterocycles. The lowest BCUT2D eigenvalue weighted by molar-refractivity contribution is -0.139. The van der Waals surface area contributed by atoms with E-state index in [-0.39, 0.29) is 28.3 Å². The van der Waals surface area contributed by atoms with Crippen LogP contribution >= 0.6 is 15.9 Å². The highest BCUT2D eigenvalue weighted by molar-refractivity contribution is 9.10. The minimum atomic E-state index is -3.90. The van der Waals surface area contributed by atoms with Crippen LogP contribution in [0.1, 0.15) is 13.3 Å². The Bertz CT molecular complexity index is 989. The van der Waals surface area contributed by atoms with Crippen molar-refractivity contribution in [2.75, 3.05) is 6.26 Å². The second kappa shape index (κ2) is 6.25. The highest BCUT2D eigenvalue weighted by Gasteiger charge is 2.43. The molecule has 0 fully saturated rings. The summed E-state index contributed by atoms with van der Waals surface area (Å²) in [7, 11) is -3.90. The molecule has 2 aromatic rings. The highest BCUT2D eigenvalue weighted by Crippen LogP contribution is 2.23. The zero-order valence-electron chi connectivity index (χ0n) is 12.8. The predicted molar refractivity (Wildman–Crippen MR) is 89.2 cm³/mol. The number of carboxylic acids is 1. The van der Waals surface area contributed by atoms with Crippen molar-refractivity contribution in [2.24, 2.45) is 0 Å². The second-order valence-corrected chi connectivity index (χ2v) is 8.86. The molecule has 7 nitrogen and oxygen atoms in total. The van der Waals surface area contributed by atoms with Gasteiger partial charge in [0.15, 0.2) is 20.4 Å². The molecule has 10 heteroatoms. The maximum Gasteiger partial charge on any atom is 0.324 e. The predicted octanol–water partition coefficient (Wildman–Crippen LogP) is 1.58. The molecule has 0 radical (unpaired) electrons. The first kappa shape index (κ1) is 18.5. The van der Waals surface area contributed by atoms with Gasteiger partial charge in [-0.2, -0.15) is 0 Å². The summed E-state index contributed by atoms with van der Waals surface area (Å²) in [4.78, 5) is 27.6. The monoisotopic (exact) mass is 420 g/mol. The van der Waals surface area contributed by atoms with E-state index >= 15 is 0 Å². The third-order valence-corrected chi connectivity index (χ3v) is 6.62. The number of carboxylic acid groups (broad SMARTS) is 1. The number of hydrogen-bond acceptors (Lipinski definition) is 5. The third kappa shape index (κ3) is 3.07. The summed E-state index contributed by atoms with van der Waals surface area (Å²) >= 11 is 3.00. The van der Waals surface area contributed by atoms with Gasteiger partial charge < -0.3 is 5.11 Å². The van der Waals surface area contributed by atoms with E-state index in [1.165, 1.54) is 12.1 Å². The van der Waals surface area contributed by atoms with Crippen LogP contribution in [0.5, 0.6) is 0 Å². The van der Waals surface area contributed by atoms with Crippen molar-refractivity contribution in [2.45, 2.75) is 24.6 Å². The molecule has 1 heterocycles. The Labute approximate surface area is 145 Å². The molecular weight excluding hydrogens is 407 g/mol. The number of benzene rings is 1. The number of aliphatic carboxylic acids is 1. The fourth-order valence-corrected chi connectivity index (χ4v) is 3.22. The summed E-state index contributed by atoms with van der Waals surface area (Å²) in [5.74, 6) is -2.18. The van der Waals surface area contributed by atoms with Gasteiger partial charge in [0.05, 0.1) is 16.2 Å². The molecule has 0 saturated carbocycles. The van der Waals surface area contributed by atoms with Crippen molar-refractivity contribution < 1.29 is 22.7 Å². The second-order valence-electron chi connectivity index (χ2n) is 5.56. The molecule has 1 N–H and O–H groups in total. The van der Waals surface area contributed by atoms with Crippen LogP contribution < -0.4 is 5.56 Å². The number of aryl methyl sites for hydroxylation is 1. The number of aromatic nitrogens is 2. The van der Waals surface area contributed by atoms with Crippen molar-refractivity contribution in [1.82, 2.24) is 9.55 Å². The molecule has 0 bridgehead atoms. The van der Waals surface area contributed by atoms with E-state index in [1.807, 2.05) is 0 Å². The number of hydrogen-bond donors (Lipinski definition) is 1. The summed E-state index contributed by atoms with van der Waals surface area (Å²) in [6.45, 7) is 0.899. The summed E-state index contributed by atoms with van der Waals surface area (Å²) in [6.07, 6.45) is 1.58. The van der Waals surface area contributed by atoms with E-state index in [2.05, 4.69) is 20.9 Å². The maximum absolute atomic E-state index is 13.9. The number of sulfone groups is 1. The Morgan fingerprint density at radius 2 is 2.08 bits per heavy atom. The molecule has 1 aromatic heterocycles. The molecule has 0 aliphatic rings. The van der Waals surface area contributed by atoms with Crippen LogP contribution in [0.2, 0.25) is 0 Å². The molecule has 0 amide bonds. The normalized spacial score (nSPS) is 14.5. The first-order valence-electron chi connectivity index (χ1n) is 6.75. The minimum Gasteiger partial charge on any atom is -0.480 e. The van der Waals surface area contributed by atoms with Crippen LogP contribution in [0, 0.1) is 5.82 Å². The van der Waals surface area contributed by atoms with Gasteiger partial charge in [-0.05, 0) is 41.4 Å². The highest BCUT2D eigenvalue weighted by atomic mass is 79.9. The number of fused-ring (bicyclic) bond motifs is 1. The van der Waals surface area contributed by atoms with Gasteiger partial charge in [0, 0.05) is 12.8 Å². The van der Waals surface area contributed by atoms with Crippen LogP contribution in [-0.2, 0) is 21.2 Å². The Kier molecular flexibility index (Phi) is 4.82. The average Bonchev–Trinajstić information content (AvgIpc) is 2.48. The van der Waals surface area contributed by atoms with Gasteiger partial charge in [-0.1, -0.05) is 0 Å². The topological polar surface area (TPSA) is 106 Å². The number of nitrogens with zero attached hydrogens (tertiary/aromatic N) is 2. The Morgan fingerprint density at radius 1 is 1.46 bits per heavy atom. The van der Waals surface area contributed by atoms with E-state index in [1.54, 1.807) is 0 Å². The molecular formula is C14H14BrFN2O5S. The van der Waals surface area contributed by atoms with E-state index in [9.17, 15) is 27.5 Å². The lowest BCUT2D eigenvalue weighted by Gasteiger charge is -2.22. The summed E-state index contributed by atoms with van der Waals surface area (Å²) in [5, 5.41) is 9.24. The molecule has 0 unspecified atom stereocenters. The summed E-state index contributed by atoms with van der Waals surface area (Å²) in [5.41, 5.74) is -0.692. The van der Waals surface area contributed by atoms with Gasteiger partial charge in [0.2, 0.25) is 0 Å². The van der Waals surface area contributed by atoms with Crippen molar-refractivity contribution >= 4 is 42.6 Å². The quantitative estimate of drug-likeness (QED) is 0.786. The summed E-state index contributed by atoms with van der Waals surface area (Å²) in [6, 6.07) is 2.75. The first-order chi connectivity index (χ1) is 11.0. The van der Waals surface area contributed by atoms with Gasteiger partial charge in [-0.3, -0.25) is 14.2 Å². The standard InChI is InChI=1S/C14H14BrFN2O5S/c1-14(13(20)21,24(2,22)23)5-6-18-7-17-11-8(12(18)19)3-4-9(15)10(11)16/h3-4,7H,5-6H2,1-2H3,(H,20,21)/t14-/m1/s1. The maximum atomic E-state index is 13.9. The van der Waals surface area contributed by atoms with Crippen LogP contribution in [0.25, 0.3) is 10.9 Å². The van der Waals surface area contributed by atoms with Crippen molar-refractivity contribution in [3.8, 4) is 0 Å². The van der Waals surface area contributed by atoms with Gasteiger partial charge in [-0.15, -0.1) is 0 Å². The molecule has 0 saturated heterocycles. The van der Waals surface area contributed by atoms with Gasteiger partial charge >= 0.3 is 5.97 Å². The smallest absolute Gasteiger partial charge is 0.324 e. The van der Waals surface area contributed by atoms with E-state index < -0.39 is 31.9 Å². The van der Waals surface area contributed by atoms with E-state index in [4.69, 9.17) is 0 Å². The molecule has 1 aromatic carbocycles. The molecule has 2 rings (SSSR count). The average molecular weight is 421 g/mol. The number of rotatable bonds is 5. The van der Waals surface area contributed by atoms with E-state index in [0.717, 1.165) is 24.1 Å². The SMILES string of the molecule is C[C@@](CCn1cnc2c(F)c(Br)ccc2c1=O)(C(=O)O)S(C)(=O)=O. The Balaban J connectivity index is 2.45. The molecule has 0 spiro atoms. The lowest BCUT2D eigenvalue weighted by Crippen LogP contribution is -2.44. The number of halogens is 2. The van der Waals surface area contributed by atoms with Gasteiger partial charge in [-0.25, -0.2) is 17.8 Å². The van der Waals surface area contributed by atoms with Crippen LogP contribution in [0.15, 0.2) is 27.7 Å². The fraction of sp³-hybridized carbons (Fsp3) is 0.357. The van der Waals surface area contributed by atoms with Crippen LogP contribution in [0.3, 0.4) is 0 Å². The zero-order chi connectivity index (χ0) is 18.3. The minimum absolute atomic E-state index is 0.0228. The lowest BCUT2D eigenvalue weighted by atomic mass is 10.1. The number of carbonyl (C=O) groups is 1. The Morgan fingerprint density at radius 3 is 2.62 bits per heavy atom.